The Bertz CT molecular complexity index is 1630. The lowest BCUT2D eigenvalue weighted by Gasteiger charge is -2.39. The van der Waals surface area contributed by atoms with Crippen LogP contribution in [-0.4, -0.2) is 56.4 Å². The molecule has 8 nitrogen and oxygen atoms in total. The number of piperazine rings is 1. The number of fused-ring (bicyclic) bond motifs is 1. The molecule has 2 aromatic carbocycles. The molecular weight excluding hydrogens is 538 g/mol. The third-order valence-corrected chi connectivity index (χ3v) is 7.90. The Labute approximate surface area is 243 Å². The molecular formula is C32H34F2N6O2. The molecule has 4 aromatic rings. The number of carbonyl (C=O) groups is 1. The number of nitrogens with zero attached hydrogens (tertiary/aromatic N) is 5. The van der Waals surface area contributed by atoms with Crippen molar-refractivity contribution in [3.63, 3.8) is 0 Å². The Morgan fingerprint density at radius 3 is 2.33 bits per heavy atom. The van der Waals surface area contributed by atoms with E-state index >= 15 is 0 Å². The van der Waals surface area contributed by atoms with Gasteiger partial charge in [0.2, 0.25) is 11.9 Å². The first-order chi connectivity index (χ1) is 20.3. The first-order valence-electron chi connectivity index (χ1n) is 14.1. The lowest BCUT2D eigenvalue weighted by Crippen LogP contribution is -2.49. The van der Waals surface area contributed by atoms with Gasteiger partial charge < -0.3 is 10.2 Å². The van der Waals surface area contributed by atoms with Gasteiger partial charge in [-0.1, -0.05) is 43.8 Å². The molecule has 1 saturated heterocycles. The molecule has 1 amide bonds. The van der Waals surface area contributed by atoms with Gasteiger partial charge in [0.05, 0.1) is 12.6 Å². The highest BCUT2D eigenvalue weighted by atomic mass is 19.1. The van der Waals surface area contributed by atoms with Gasteiger partial charge in [-0.3, -0.25) is 19.1 Å². The zero-order valence-corrected chi connectivity index (χ0v) is 23.8. The molecule has 0 saturated carbocycles. The second-order valence-electron chi connectivity index (χ2n) is 10.5. The average Bonchev–Trinajstić information content (AvgIpc) is 3.00. The molecule has 1 N–H and O–H groups in total. The fourth-order valence-corrected chi connectivity index (χ4v) is 5.51. The first kappa shape index (κ1) is 29.1. The van der Waals surface area contributed by atoms with Gasteiger partial charge in [0.1, 0.15) is 17.3 Å². The van der Waals surface area contributed by atoms with Crippen LogP contribution in [0.2, 0.25) is 0 Å². The van der Waals surface area contributed by atoms with Gasteiger partial charge in [0, 0.05) is 55.4 Å². The molecule has 0 bridgehead atoms. The number of benzene rings is 2. The van der Waals surface area contributed by atoms with Crippen LogP contribution in [0.15, 0.2) is 78.2 Å². The van der Waals surface area contributed by atoms with Crippen molar-refractivity contribution in [1.29, 1.82) is 0 Å². The Hall–Kier alpha value is -4.44. The fraction of sp³-hybridized carbons (Fsp3) is 0.312. The Morgan fingerprint density at radius 2 is 1.69 bits per heavy atom. The van der Waals surface area contributed by atoms with Crippen molar-refractivity contribution < 1.29 is 13.6 Å². The summed E-state index contributed by atoms with van der Waals surface area (Å²) in [5, 5.41) is 3.87. The van der Waals surface area contributed by atoms with Crippen LogP contribution in [0.25, 0.3) is 11.0 Å². The molecule has 1 fully saturated rings. The third-order valence-electron chi connectivity index (χ3n) is 7.90. The van der Waals surface area contributed by atoms with Crippen LogP contribution in [0, 0.1) is 11.6 Å². The molecule has 3 heterocycles. The average molecular weight is 573 g/mol. The number of pyridine rings is 1. The van der Waals surface area contributed by atoms with Crippen molar-refractivity contribution in [1.82, 2.24) is 24.3 Å². The number of anilines is 1. The number of aromatic nitrogens is 3. The molecule has 0 radical (unpaired) electrons. The summed E-state index contributed by atoms with van der Waals surface area (Å²) < 4.78 is 30.0. The van der Waals surface area contributed by atoms with Crippen molar-refractivity contribution >= 4 is 22.9 Å². The predicted octanol–water partition coefficient (Wildman–Crippen LogP) is 5.07. The van der Waals surface area contributed by atoms with E-state index in [0.717, 1.165) is 25.1 Å². The highest BCUT2D eigenvalue weighted by Gasteiger charge is 2.25. The van der Waals surface area contributed by atoms with E-state index in [1.165, 1.54) is 40.5 Å². The van der Waals surface area contributed by atoms with Gasteiger partial charge in [-0.15, -0.1) is 0 Å². The summed E-state index contributed by atoms with van der Waals surface area (Å²) in [5.74, 6) is -1.17. The van der Waals surface area contributed by atoms with Crippen molar-refractivity contribution in [2.45, 2.75) is 38.9 Å². The predicted molar refractivity (Wildman–Crippen MR) is 159 cm³/mol. The highest BCUT2D eigenvalue weighted by Crippen LogP contribution is 2.28. The van der Waals surface area contributed by atoms with Gasteiger partial charge in [-0.2, -0.15) is 4.98 Å². The van der Waals surface area contributed by atoms with Crippen molar-refractivity contribution in [3.8, 4) is 0 Å². The maximum atomic E-state index is 14.4. The zero-order chi connectivity index (χ0) is 29.8. The molecule has 218 valence electrons. The molecule has 5 rings (SSSR count). The number of hydrogen-bond acceptors (Lipinski definition) is 6. The van der Waals surface area contributed by atoms with Crippen LogP contribution in [0.5, 0.6) is 0 Å². The molecule has 0 spiro atoms. The Balaban J connectivity index is 1.32. The second kappa shape index (κ2) is 12.6. The molecule has 2 atom stereocenters. The number of halogens is 2. The summed E-state index contributed by atoms with van der Waals surface area (Å²) in [7, 11) is 0. The molecule has 10 heteroatoms. The number of carbonyl (C=O) groups excluding carboxylic acids is 1. The van der Waals surface area contributed by atoms with E-state index in [0.29, 0.717) is 24.4 Å². The van der Waals surface area contributed by atoms with Gasteiger partial charge in [0.25, 0.3) is 5.56 Å². The molecule has 42 heavy (non-hydrogen) atoms. The minimum atomic E-state index is -0.723. The summed E-state index contributed by atoms with van der Waals surface area (Å²) in [6, 6.07) is 15.1. The number of rotatable bonds is 9. The number of amides is 1. The largest absolute Gasteiger partial charge is 0.348 e. The topological polar surface area (TPSA) is 83.4 Å². The maximum Gasteiger partial charge on any atom is 0.252 e. The highest BCUT2D eigenvalue weighted by molar-refractivity contribution is 5.87. The van der Waals surface area contributed by atoms with Crippen molar-refractivity contribution in [2.75, 3.05) is 31.5 Å². The lowest BCUT2D eigenvalue weighted by atomic mass is 9.98. The van der Waals surface area contributed by atoms with Gasteiger partial charge in [-0.25, -0.2) is 13.8 Å². The lowest BCUT2D eigenvalue weighted by molar-refractivity contribution is -0.128. The van der Waals surface area contributed by atoms with E-state index in [2.05, 4.69) is 58.0 Å². The van der Waals surface area contributed by atoms with E-state index in [4.69, 9.17) is 0 Å². The maximum absolute atomic E-state index is 14.4. The Morgan fingerprint density at radius 1 is 1.02 bits per heavy atom. The van der Waals surface area contributed by atoms with Gasteiger partial charge in [-0.05, 0) is 48.7 Å². The number of nitrogens with one attached hydrogen (secondary N) is 1. The van der Waals surface area contributed by atoms with Crippen LogP contribution in [0.3, 0.4) is 0 Å². The van der Waals surface area contributed by atoms with E-state index in [1.54, 1.807) is 12.3 Å². The molecule has 2 aromatic heterocycles. The molecule has 1 unspecified atom stereocenters. The first-order valence-corrected chi connectivity index (χ1v) is 14.1. The Kier molecular flexibility index (Phi) is 8.72. The van der Waals surface area contributed by atoms with E-state index in [1.807, 2.05) is 11.8 Å². The summed E-state index contributed by atoms with van der Waals surface area (Å²) in [4.78, 5) is 37.9. The summed E-state index contributed by atoms with van der Waals surface area (Å²) in [5.41, 5.74) is 1.90. The van der Waals surface area contributed by atoms with E-state index in [-0.39, 0.29) is 35.7 Å². The third kappa shape index (κ3) is 6.08. The van der Waals surface area contributed by atoms with Gasteiger partial charge >= 0.3 is 0 Å². The van der Waals surface area contributed by atoms with E-state index in [9.17, 15) is 18.4 Å². The minimum absolute atomic E-state index is 0.0220. The zero-order valence-electron chi connectivity index (χ0n) is 23.8. The molecule has 0 aliphatic carbocycles. The monoisotopic (exact) mass is 572 g/mol. The SMILES string of the molecule is C=CC(=O)N1CCN(C(CC)c2ccc([C@H](C)Nc3ncc4ccc(=O)n(Cc5c(F)cccc5F)c4n3)cc2)CC1. The summed E-state index contributed by atoms with van der Waals surface area (Å²) in [6.07, 6.45) is 3.91. The second-order valence-corrected chi connectivity index (χ2v) is 10.5. The van der Waals surface area contributed by atoms with Crippen LogP contribution < -0.4 is 10.9 Å². The van der Waals surface area contributed by atoms with Crippen LogP contribution in [-0.2, 0) is 11.3 Å². The van der Waals surface area contributed by atoms with E-state index < -0.39 is 17.2 Å². The quantitative estimate of drug-likeness (QED) is 0.282. The summed E-state index contributed by atoms with van der Waals surface area (Å²) in [6.45, 7) is 10.5. The minimum Gasteiger partial charge on any atom is -0.348 e. The normalized spacial score (nSPS) is 15.4. The van der Waals surface area contributed by atoms with Crippen molar-refractivity contribution in [3.05, 3.63) is 112 Å². The van der Waals surface area contributed by atoms with Crippen LogP contribution in [0.4, 0.5) is 14.7 Å². The summed E-state index contributed by atoms with van der Waals surface area (Å²) >= 11 is 0. The van der Waals surface area contributed by atoms with Gasteiger partial charge in [0.15, 0.2) is 0 Å². The van der Waals surface area contributed by atoms with Crippen LogP contribution >= 0.6 is 0 Å². The fourth-order valence-electron chi connectivity index (χ4n) is 5.51. The smallest absolute Gasteiger partial charge is 0.252 e. The van der Waals surface area contributed by atoms with Crippen molar-refractivity contribution in [2.24, 2.45) is 0 Å². The van der Waals surface area contributed by atoms with Crippen LogP contribution in [0.1, 0.15) is 49.0 Å². The molecule has 1 aliphatic rings. The number of hydrogen-bond donors (Lipinski definition) is 1. The standard InChI is InChI=1S/C32H34F2N6O2/c1-4-28(38-15-17-39(18-16-38)29(41)5-2)23-11-9-22(10-12-23)21(3)36-32-35-19-24-13-14-30(42)40(31(24)37-32)20-25-26(33)7-6-8-27(25)34/h5-14,19,21,28H,2,4,15-18,20H2,1,3H3,(H,35,36,37)/t21-,28?/m0/s1. The molecule has 1 aliphatic heterocycles.